The number of benzene rings is 3. The van der Waals surface area contributed by atoms with Crippen molar-refractivity contribution < 1.29 is 19.0 Å². The van der Waals surface area contributed by atoms with Crippen molar-refractivity contribution in [3.8, 4) is 5.75 Å². The molecule has 1 fully saturated rings. The maximum atomic E-state index is 14.3. The van der Waals surface area contributed by atoms with Crippen molar-refractivity contribution in [2.45, 2.75) is 51.2 Å². The van der Waals surface area contributed by atoms with Crippen LogP contribution in [-0.4, -0.2) is 29.1 Å². The van der Waals surface area contributed by atoms with Crippen LogP contribution in [-0.2, 0) is 29.8 Å². The molecule has 0 unspecified atom stereocenters. The van der Waals surface area contributed by atoms with E-state index in [4.69, 9.17) is 9.84 Å². The summed E-state index contributed by atoms with van der Waals surface area (Å²) in [5, 5.41) is 8.79. The predicted octanol–water partition coefficient (Wildman–Crippen LogP) is 6.29. The molecule has 0 saturated carbocycles. The van der Waals surface area contributed by atoms with Gasteiger partial charge in [0.25, 0.3) is 0 Å². The van der Waals surface area contributed by atoms with Gasteiger partial charge in [0, 0.05) is 24.4 Å². The Hall–Kier alpha value is -3.44. The highest BCUT2D eigenvalue weighted by molar-refractivity contribution is 5.67. The molecule has 3 aromatic rings. The lowest BCUT2D eigenvalue weighted by atomic mass is 9.74. The number of likely N-dealkylation sites (tertiary alicyclic amines) is 1. The Kier molecular flexibility index (Phi) is 6.92. The number of allylic oxidation sites excluding steroid dienone is 1. The minimum Gasteiger partial charge on any atom is -0.489 e. The largest absolute Gasteiger partial charge is 0.489 e. The first-order chi connectivity index (χ1) is 17.4. The van der Waals surface area contributed by atoms with Crippen molar-refractivity contribution in [1.82, 2.24) is 4.90 Å². The van der Waals surface area contributed by atoms with Crippen LogP contribution in [0.2, 0.25) is 0 Å². The average Bonchev–Trinajstić information content (AvgIpc) is 3.23. The summed E-state index contributed by atoms with van der Waals surface area (Å²) in [4.78, 5) is 13.3. The second-order valence-electron chi connectivity index (χ2n) is 10.0. The third kappa shape index (κ3) is 5.21. The quantitative estimate of drug-likeness (QED) is 0.407. The first-order valence-corrected chi connectivity index (χ1v) is 12.6. The summed E-state index contributed by atoms with van der Waals surface area (Å²) in [5.74, 6) is -0.923. The minimum absolute atomic E-state index is 0.0912. The van der Waals surface area contributed by atoms with E-state index in [9.17, 15) is 9.18 Å². The van der Waals surface area contributed by atoms with Crippen molar-refractivity contribution in [2.24, 2.45) is 0 Å². The smallest absolute Gasteiger partial charge is 0.303 e. The highest BCUT2D eigenvalue weighted by Crippen LogP contribution is 2.43. The zero-order valence-electron chi connectivity index (χ0n) is 20.7. The second kappa shape index (κ2) is 10.3. The molecular formula is C31H32FNO3. The van der Waals surface area contributed by atoms with Gasteiger partial charge in [0.1, 0.15) is 18.2 Å². The molecule has 0 bridgehead atoms. The molecule has 5 rings (SSSR count). The molecule has 186 valence electrons. The van der Waals surface area contributed by atoms with E-state index < -0.39 is 11.8 Å². The zero-order valence-corrected chi connectivity index (χ0v) is 20.7. The molecule has 1 aliphatic carbocycles. The van der Waals surface area contributed by atoms with Crippen molar-refractivity contribution in [3.05, 3.63) is 106 Å². The normalized spacial score (nSPS) is 16.3. The molecular weight excluding hydrogens is 453 g/mol. The number of hydrogen-bond acceptors (Lipinski definition) is 3. The standard InChI is InChI=1S/C31H32FNO3/c1-22-18-23(21-36-27-10-8-25(29(32)19-27)9-11-30(34)35)6-7-26(22)20-33-16-14-31(15-17-33)13-12-24-4-2-3-5-28(24)31/h2-8,10,12-13,18-19H,9,11,14-17,20-21H2,1H3,(H,34,35). The molecule has 0 atom stereocenters. The number of carboxylic acid groups (broad SMARTS) is 1. The molecule has 0 amide bonds. The van der Waals surface area contributed by atoms with Gasteiger partial charge in [-0.25, -0.2) is 4.39 Å². The van der Waals surface area contributed by atoms with Crippen LogP contribution in [0.5, 0.6) is 5.75 Å². The number of aryl methyl sites for hydroxylation is 2. The highest BCUT2D eigenvalue weighted by Gasteiger charge is 2.37. The van der Waals surface area contributed by atoms with E-state index in [1.807, 2.05) is 0 Å². The maximum absolute atomic E-state index is 14.3. The highest BCUT2D eigenvalue weighted by atomic mass is 19.1. The number of carboxylic acids is 1. The fourth-order valence-electron chi connectivity index (χ4n) is 5.48. The molecule has 0 aromatic heterocycles. The molecule has 3 aromatic carbocycles. The van der Waals surface area contributed by atoms with E-state index in [2.05, 4.69) is 66.4 Å². The number of aliphatic carboxylic acids is 1. The molecule has 1 aliphatic heterocycles. The summed E-state index contributed by atoms with van der Waals surface area (Å²) in [7, 11) is 0. The van der Waals surface area contributed by atoms with Gasteiger partial charge in [-0.2, -0.15) is 0 Å². The predicted molar refractivity (Wildman–Crippen MR) is 140 cm³/mol. The Bertz CT molecular complexity index is 1290. The van der Waals surface area contributed by atoms with Crippen LogP contribution in [0.25, 0.3) is 6.08 Å². The van der Waals surface area contributed by atoms with E-state index >= 15 is 0 Å². The van der Waals surface area contributed by atoms with E-state index in [1.54, 1.807) is 12.1 Å². The number of halogens is 1. The lowest BCUT2D eigenvalue weighted by molar-refractivity contribution is -0.136. The van der Waals surface area contributed by atoms with E-state index in [0.717, 1.165) is 38.0 Å². The number of nitrogens with zero attached hydrogens (tertiary/aromatic N) is 1. The topological polar surface area (TPSA) is 49.8 Å². The van der Waals surface area contributed by atoms with Gasteiger partial charge in [0.05, 0.1) is 0 Å². The first-order valence-electron chi connectivity index (χ1n) is 12.6. The minimum atomic E-state index is -0.936. The van der Waals surface area contributed by atoms with E-state index in [0.29, 0.717) is 17.9 Å². The van der Waals surface area contributed by atoms with Gasteiger partial charge in [-0.1, -0.05) is 60.7 Å². The van der Waals surface area contributed by atoms with Crippen LogP contribution in [0.1, 0.15) is 52.6 Å². The number of hydrogen-bond donors (Lipinski definition) is 1. The van der Waals surface area contributed by atoms with Gasteiger partial charge in [0.15, 0.2) is 0 Å². The van der Waals surface area contributed by atoms with Crippen LogP contribution in [0, 0.1) is 12.7 Å². The van der Waals surface area contributed by atoms with Crippen molar-refractivity contribution in [2.75, 3.05) is 13.1 Å². The van der Waals surface area contributed by atoms with E-state index in [1.165, 1.54) is 28.3 Å². The molecule has 0 radical (unpaired) electrons. The Morgan fingerprint density at radius 1 is 1.06 bits per heavy atom. The molecule has 1 saturated heterocycles. The first kappa shape index (κ1) is 24.3. The Balaban J connectivity index is 1.15. The molecule has 5 heteroatoms. The lowest BCUT2D eigenvalue weighted by Gasteiger charge is -2.39. The Morgan fingerprint density at radius 3 is 2.58 bits per heavy atom. The van der Waals surface area contributed by atoms with Crippen molar-refractivity contribution in [1.29, 1.82) is 0 Å². The Labute approximate surface area is 212 Å². The van der Waals surface area contributed by atoms with Crippen molar-refractivity contribution in [3.63, 3.8) is 0 Å². The fraction of sp³-hybridized carbons (Fsp3) is 0.323. The van der Waals surface area contributed by atoms with Gasteiger partial charge in [-0.15, -0.1) is 0 Å². The molecule has 2 aliphatic rings. The fourth-order valence-corrected chi connectivity index (χ4v) is 5.48. The van der Waals surface area contributed by atoms with Crippen LogP contribution in [0.15, 0.2) is 66.7 Å². The van der Waals surface area contributed by atoms with Gasteiger partial charge in [0.2, 0.25) is 0 Å². The summed E-state index contributed by atoms with van der Waals surface area (Å²) in [6.07, 6.45) is 7.09. The monoisotopic (exact) mass is 485 g/mol. The number of ether oxygens (including phenoxy) is 1. The van der Waals surface area contributed by atoms with E-state index in [-0.39, 0.29) is 18.3 Å². The molecule has 1 heterocycles. The molecule has 36 heavy (non-hydrogen) atoms. The summed E-state index contributed by atoms with van der Waals surface area (Å²) in [6.45, 7) is 5.59. The second-order valence-corrected chi connectivity index (χ2v) is 10.0. The SMILES string of the molecule is Cc1cc(COc2ccc(CCC(=O)O)c(F)c2)ccc1CN1CCC2(C=Cc3ccccc32)CC1. The zero-order chi connectivity index (χ0) is 25.1. The van der Waals surface area contributed by atoms with Crippen LogP contribution < -0.4 is 4.74 Å². The lowest BCUT2D eigenvalue weighted by Crippen LogP contribution is -2.40. The van der Waals surface area contributed by atoms with Crippen LogP contribution in [0.3, 0.4) is 0 Å². The number of carbonyl (C=O) groups is 1. The van der Waals surface area contributed by atoms with Crippen LogP contribution in [0.4, 0.5) is 4.39 Å². The van der Waals surface area contributed by atoms with Gasteiger partial charge < -0.3 is 9.84 Å². The number of piperidine rings is 1. The third-order valence-electron chi connectivity index (χ3n) is 7.67. The summed E-state index contributed by atoms with van der Waals surface area (Å²) in [5.41, 5.74) is 7.05. The number of fused-ring (bicyclic) bond motifs is 2. The average molecular weight is 486 g/mol. The van der Waals surface area contributed by atoms with Crippen molar-refractivity contribution >= 4 is 12.0 Å². The molecule has 1 N–H and O–H groups in total. The van der Waals surface area contributed by atoms with Gasteiger partial charge >= 0.3 is 5.97 Å². The summed E-state index contributed by atoms with van der Waals surface area (Å²) < 4.78 is 20.1. The third-order valence-corrected chi connectivity index (χ3v) is 7.67. The molecule has 1 spiro atoms. The summed E-state index contributed by atoms with van der Waals surface area (Å²) >= 11 is 0. The van der Waals surface area contributed by atoms with Crippen LogP contribution >= 0.6 is 0 Å². The summed E-state index contributed by atoms with van der Waals surface area (Å²) in [6, 6.07) is 19.8. The molecule has 4 nitrogen and oxygen atoms in total. The maximum Gasteiger partial charge on any atom is 0.303 e. The number of rotatable bonds is 8. The Morgan fingerprint density at radius 2 is 1.83 bits per heavy atom. The van der Waals surface area contributed by atoms with Gasteiger partial charge in [-0.05, 0) is 78.7 Å². The van der Waals surface area contributed by atoms with Gasteiger partial charge in [-0.3, -0.25) is 9.69 Å².